The topological polar surface area (TPSA) is 35.5 Å². The van der Waals surface area contributed by atoms with Crippen LogP contribution in [0.25, 0.3) is 0 Å². The van der Waals surface area contributed by atoms with Crippen LogP contribution < -0.4 is 0 Å². The Hall–Kier alpha value is -0.990. The largest absolute Gasteiger partial charge is 0.424 e. The Bertz CT molecular complexity index is 298. The van der Waals surface area contributed by atoms with E-state index in [1.165, 1.54) is 5.92 Å². The molecule has 1 rings (SSSR count). The van der Waals surface area contributed by atoms with Crippen LogP contribution in [0.15, 0.2) is 0 Å². The third-order valence-electron chi connectivity index (χ3n) is 1.78. The highest BCUT2D eigenvalue weighted by molar-refractivity contribution is 5.96. The van der Waals surface area contributed by atoms with Crippen LogP contribution in [-0.4, -0.2) is 31.2 Å². The van der Waals surface area contributed by atoms with Crippen LogP contribution in [0.1, 0.15) is 13.8 Å². The molecule has 0 aliphatic carbocycles. The van der Waals surface area contributed by atoms with Crippen LogP contribution in [0.4, 0.5) is 8.78 Å². The van der Waals surface area contributed by atoms with Gasteiger partial charge >= 0.3 is 6.11 Å². The van der Waals surface area contributed by atoms with Gasteiger partial charge in [0, 0.05) is 11.8 Å². The van der Waals surface area contributed by atoms with Crippen LogP contribution in [-0.2, 0) is 14.3 Å². The van der Waals surface area contributed by atoms with Gasteiger partial charge in [-0.2, -0.15) is 8.78 Å². The molecule has 0 amide bonds. The van der Waals surface area contributed by atoms with Gasteiger partial charge in [0.1, 0.15) is 6.10 Å². The predicted octanol–water partition coefficient (Wildman–Crippen LogP) is 1.22. The Kier molecular flexibility index (Phi) is 3.77. The monoisotopic (exact) mass is 218 g/mol. The zero-order chi connectivity index (χ0) is 11.5. The molecular formula is C10H12F2O3. The van der Waals surface area contributed by atoms with Crippen molar-refractivity contribution in [2.45, 2.75) is 26.1 Å². The third-order valence-corrected chi connectivity index (χ3v) is 1.78. The van der Waals surface area contributed by atoms with Crippen molar-refractivity contribution in [3.05, 3.63) is 0 Å². The van der Waals surface area contributed by atoms with Gasteiger partial charge in [-0.1, -0.05) is 13.8 Å². The van der Waals surface area contributed by atoms with E-state index in [2.05, 4.69) is 9.47 Å². The number of ketones is 1. The summed E-state index contributed by atoms with van der Waals surface area (Å²) in [6.45, 7) is 3.48. The Morgan fingerprint density at radius 2 is 2.13 bits per heavy atom. The minimum absolute atomic E-state index is 0.148. The summed E-state index contributed by atoms with van der Waals surface area (Å²) in [6.07, 6.45) is -4.19. The van der Waals surface area contributed by atoms with Crippen LogP contribution >= 0.6 is 0 Å². The maximum Gasteiger partial charge on any atom is 0.424 e. The number of Topliss-reactive ketones (excluding diaryl/α,β-unsaturated/α-hetero) is 1. The van der Waals surface area contributed by atoms with Crippen LogP contribution in [0, 0.1) is 17.8 Å². The van der Waals surface area contributed by atoms with Crippen molar-refractivity contribution in [3.8, 4) is 11.8 Å². The number of hydrogen-bond acceptors (Lipinski definition) is 3. The van der Waals surface area contributed by atoms with Crippen LogP contribution in [0.2, 0.25) is 0 Å². The number of ether oxygens (including phenoxy) is 2. The molecule has 15 heavy (non-hydrogen) atoms. The van der Waals surface area contributed by atoms with Crippen LogP contribution in [0.5, 0.6) is 0 Å². The molecule has 0 spiro atoms. The summed E-state index contributed by atoms with van der Waals surface area (Å²) in [6, 6.07) is 0. The molecule has 1 aliphatic rings. The van der Waals surface area contributed by atoms with E-state index < -0.39 is 18.0 Å². The first-order valence-corrected chi connectivity index (χ1v) is 4.61. The summed E-state index contributed by atoms with van der Waals surface area (Å²) in [4.78, 5) is 11.0. The molecule has 1 heterocycles. The molecule has 0 saturated carbocycles. The smallest absolute Gasteiger partial charge is 0.376 e. The minimum atomic E-state index is -3.57. The number of halogens is 2. The first-order valence-electron chi connectivity index (χ1n) is 4.61. The fraction of sp³-hybridized carbons (Fsp3) is 0.700. The fourth-order valence-corrected chi connectivity index (χ4v) is 0.800. The van der Waals surface area contributed by atoms with E-state index in [0.29, 0.717) is 0 Å². The Labute approximate surface area is 86.7 Å². The normalized spacial score (nSPS) is 16.9. The van der Waals surface area contributed by atoms with Crippen molar-refractivity contribution in [2.75, 3.05) is 13.2 Å². The second-order valence-corrected chi connectivity index (χ2v) is 3.56. The summed E-state index contributed by atoms with van der Waals surface area (Å²) in [5.41, 5.74) is 0. The second-order valence-electron chi connectivity index (χ2n) is 3.56. The lowest BCUT2D eigenvalue weighted by Crippen LogP contribution is -2.41. The quantitative estimate of drug-likeness (QED) is 0.528. The summed E-state index contributed by atoms with van der Waals surface area (Å²) >= 11 is 0. The molecule has 0 unspecified atom stereocenters. The lowest BCUT2D eigenvalue weighted by molar-refractivity contribution is -0.268. The van der Waals surface area contributed by atoms with Gasteiger partial charge in [-0.25, -0.2) is 0 Å². The molecule has 0 aromatic carbocycles. The molecule has 0 radical (unpaired) electrons. The van der Waals surface area contributed by atoms with Crippen molar-refractivity contribution < 1.29 is 23.0 Å². The molecule has 0 bridgehead atoms. The third kappa shape index (κ3) is 3.94. The Morgan fingerprint density at radius 3 is 2.53 bits per heavy atom. The van der Waals surface area contributed by atoms with E-state index in [1.807, 2.05) is 5.92 Å². The van der Waals surface area contributed by atoms with Gasteiger partial charge in [-0.3, -0.25) is 4.79 Å². The van der Waals surface area contributed by atoms with Crippen molar-refractivity contribution >= 4 is 5.78 Å². The molecule has 0 aromatic rings. The van der Waals surface area contributed by atoms with Gasteiger partial charge in [-0.15, -0.1) is 0 Å². The predicted molar refractivity (Wildman–Crippen MR) is 48.3 cm³/mol. The zero-order valence-corrected chi connectivity index (χ0v) is 8.55. The molecule has 0 aromatic heterocycles. The first-order chi connectivity index (χ1) is 6.91. The highest BCUT2D eigenvalue weighted by atomic mass is 19.3. The second kappa shape index (κ2) is 4.69. The van der Waals surface area contributed by atoms with Gasteiger partial charge in [-0.05, 0) is 5.92 Å². The molecule has 1 aliphatic heterocycles. The number of hydrogen-bond donors (Lipinski definition) is 0. The van der Waals surface area contributed by atoms with Gasteiger partial charge in [0.15, 0.2) is 0 Å². The van der Waals surface area contributed by atoms with Gasteiger partial charge in [0.05, 0.1) is 13.2 Å². The van der Waals surface area contributed by atoms with E-state index in [0.717, 1.165) is 0 Å². The molecule has 1 saturated heterocycles. The highest BCUT2D eigenvalue weighted by Gasteiger charge is 2.35. The summed E-state index contributed by atoms with van der Waals surface area (Å²) in [5, 5.41) is 0. The Balaban J connectivity index is 2.49. The number of carbonyl (C=O) groups is 1. The molecule has 3 nitrogen and oxygen atoms in total. The average molecular weight is 218 g/mol. The minimum Gasteiger partial charge on any atom is -0.376 e. The summed E-state index contributed by atoms with van der Waals surface area (Å²) in [5.74, 6) is 2.50. The average Bonchev–Trinajstić information content (AvgIpc) is 2.08. The van der Waals surface area contributed by atoms with E-state index in [9.17, 15) is 13.6 Å². The molecule has 0 atom stereocenters. The fourth-order valence-electron chi connectivity index (χ4n) is 0.800. The van der Waals surface area contributed by atoms with Crippen molar-refractivity contribution in [2.24, 2.45) is 5.92 Å². The molecule has 84 valence electrons. The van der Waals surface area contributed by atoms with E-state index in [1.54, 1.807) is 13.8 Å². The molecule has 1 fully saturated rings. The Morgan fingerprint density at radius 1 is 1.53 bits per heavy atom. The maximum atomic E-state index is 12.9. The lowest BCUT2D eigenvalue weighted by Gasteiger charge is -2.27. The lowest BCUT2D eigenvalue weighted by atomic mass is 10.1. The zero-order valence-electron chi connectivity index (χ0n) is 8.55. The van der Waals surface area contributed by atoms with Gasteiger partial charge in [0.25, 0.3) is 0 Å². The first kappa shape index (κ1) is 12.1. The van der Waals surface area contributed by atoms with Gasteiger partial charge < -0.3 is 9.47 Å². The van der Waals surface area contributed by atoms with Crippen molar-refractivity contribution in [1.82, 2.24) is 0 Å². The molecule has 0 N–H and O–H groups in total. The standard InChI is InChI=1S/C10H12F2O3/c1-7(2)9(13)3-4-10(11,12)15-8-5-14-6-8/h7-8H,5-6H2,1-2H3. The molecule has 5 heteroatoms. The number of carbonyl (C=O) groups excluding carboxylic acids is 1. The maximum absolute atomic E-state index is 12.9. The van der Waals surface area contributed by atoms with Crippen molar-refractivity contribution in [1.29, 1.82) is 0 Å². The highest BCUT2D eigenvalue weighted by Crippen LogP contribution is 2.20. The molecular weight excluding hydrogens is 206 g/mol. The number of alkyl halides is 2. The van der Waals surface area contributed by atoms with E-state index >= 15 is 0 Å². The van der Waals surface area contributed by atoms with Crippen LogP contribution in [0.3, 0.4) is 0 Å². The summed E-state index contributed by atoms with van der Waals surface area (Å²) in [7, 11) is 0. The summed E-state index contributed by atoms with van der Waals surface area (Å²) < 4.78 is 34.8. The van der Waals surface area contributed by atoms with Crippen molar-refractivity contribution in [3.63, 3.8) is 0 Å². The van der Waals surface area contributed by atoms with E-state index in [-0.39, 0.29) is 19.1 Å². The van der Waals surface area contributed by atoms with E-state index in [4.69, 9.17) is 0 Å². The van der Waals surface area contributed by atoms with Gasteiger partial charge in [0.2, 0.25) is 5.78 Å². The SMILES string of the molecule is CC(C)C(=O)C#CC(F)(F)OC1COC1. The number of rotatable bonds is 3.